The average molecular weight is 202 g/mol. The predicted octanol–water partition coefficient (Wildman–Crippen LogP) is 2.05. The molecular weight excluding hydrogens is 186 g/mol. The Morgan fingerprint density at radius 1 is 1.38 bits per heavy atom. The molecule has 0 saturated carbocycles. The maximum absolute atomic E-state index is 9.23. The Bertz CT molecular complexity index is 273. The highest BCUT2D eigenvalue weighted by atomic mass is 35.5. The van der Waals surface area contributed by atoms with Gasteiger partial charge in [-0.15, -0.1) is 12.4 Å². The lowest BCUT2D eigenvalue weighted by Gasteiger charge is -2.22. The molecule has 74 valence electrons. The molecule has 0 amide bonds. The molecular formula is C10H16ClNO. The van der Waals surface area contributed by atoms with E-state index in [1.54, 1.807) is 12.1 Å². The number of nitrogens with two attached hydrogens (primary N) is 1. The third-order valence-corrected chi connectivity index (χ3v) is 2.14. The van der Waals surface area contributed by atoms with E-state index in [4.69, 9.17) is 5.73 Å². The zero-order valence-electron chi connectivity index (χ0n) is 7.95. The van der Waals surface area contributed by atoms with E-state index in [0.717, 1.165) is 5.56 Å². The lowest BCUT2D eigenvalue weighted by Crippen LogP contribution is -2.27. The zero-order chi connectivity index (χ0) is 9.19. The van der Waals surface area contributed by atoms with Crippen LogP contribution in [0.2, 0.25) is 0 Å². The Morgan fingerprint density at radius 2 is 2.00 bits per heavy atom. The minimum Gasteiger partial charge on any atom is -0.508 e. The van der Waals surface area contributed by atoms with E-state index >= 15 is 0 Å². The maximum Gasteiger partial charge on any atom is 0.115 e. The Hall–Kier alpha value is -0.730. The van der Waals surface area contributed by atoms with E-state index < -0.39 is 0 Å². The van der Waals surface area contributed by atoms with Gasteiger partial charge in [0, 0.05) is 12.0 Å². The highest BCUT2D eigenvalue weighted by molar-refractivity contribution is 5.85. The van der Waals surface area contributed by atoms with Crippen LogP contribution in [0.5, 0.6) is 5.75 Å². The Kier molecular flexibility index (Phi) is 4.24. The average Bonchev–Trinajstić information content (AvgIpc) is 2.05. The first-order chi connectivity index (χ1) is 5.56. The van der Waals surface area contributed by atoms with Gasteiger partial charge >= 0.3 is 0 Å². The van der Waals surface area contributed by atoms with Crippen molar-refractivity contribution < 1.29 is 5.11 Å². The summed E-state index contributed by atoms with van der Waals surface area (Å²) in [7, 11) is 0. The molecule has 0 atom stereocenters. The van der Waals surface area contributed by atoms with E-state index in [2.05, 4.69) is 13.8 Å². The molecule has 3 heteroatoms. The molecule has 0 aromatic heterocycles. The fourth-order valence-corrected chi connectivity index (χ4v) is 1.04. The number of hydrogen-bond acceptors (Lipinski definition) is 2. The number of halogens is 1. The molecule has 1 aromatic carbocycles. The van der Waals surface area contributed by atoms with Crippen molar-refractivity contribution in [2.45, 2.75) is 19.3 Å². The second kappa shape index (κ2) is 4.49. The normalized spacial score (nSPS) is 10.7. The summed E-state index contributed by atoms with van der Waals surface area (Å²) in [6, 6.07) is 7.23. The largest absolute Gasteiger partial charge is 0.508 e. The second-order valence-corrected chi connectivity index (χ2v) is 3.64. The van der Waals surface area contributed by atoms with Crippen molar-refractivity contribution in [3.8, 4) is 5.75 Å². The Labute approximate surface area is 85.2 Å². The molecule has 13 heavy (non-hydrogen) atoms. The van der Waals surface area contributed by atoms with Crippen LogP contribution in [0.15, 0.2) is 24.3 Å². The van der Waals surface area contributed by atoms with Crippen LogP contribution in [0, 0.1) is 0 Å². The molecule has 3 N–H and O–H groups in total. The minimum absolute atomic E-state index is 0. The van der Waals surface area contributed by atoms with Gasteiger partial charge in [0.05, 0.1) is 0 Å². The predicted molar refractivity (Wildman–Crippen MR) is 57.4 cm³/mol. The van der Waals surface area contributed by atoms with Crippen molar-refractivity contribution in [3.63, 3.8) is 0 Å². The first kappa shape index (κ1) is 12.3. The topological polar surface area (TPSA) is 46.2 Å². The molecule has 0 aliphatic carbocycles. The SMILES string of the molecule is CC(C)(CN)c1cccc(O)c1.Cl. The summed E-state index contributed by atoms with van der Waals surface area (Å²) in [5.41, 5.74) is 6.62. The lowest BCUT2D eigenvalue weighted by atomic mass is 9.85. The van der Waals surface area contributed by atoms with Crippen LogP contribution in [0.1, 0.15) is 19.4 Å². The second-order valence-electron chi connectivity index (χ2n) is 3.64. The third kappa shape index (κ3) is 2.90. The van der Waals surface area contributed by atoms with Crippen molar-refractivity contribution in [3.05, 3.63) is 29.8 Å². The molecule has 1 aromatic rings. The van der Waals surface area contributed by atoms with Gasteiger partial charge in [-0.1, -0.05) is 26.0 Å². The van der Waals surface area contributed by atoms with E-state index in [0.29, 0.717) is 12.3 Å². The minimum atomic E-state index is -0.0568. The van der Waals surface area contributed by atoms with Crippen LogP contribution in [0.4, 0.5) is 0 Å². The number of rotatable bonds is 2. The van der Waals surface area contributed by atoms with Gasteiger partial charge in [0.2, 0.25) is 0 Å². The fourth-order valence-electron chi connectivity index (χ4n) is 1.04. The smallest absolute Gasteiger partial charge is 0.115 e. The Balaban J connectivity index is 0.00000144. The molecule has 1 rings (SSSR count). The first-order valence-corrected chi connectivity index (χ1v) is 4.06. The van der Waals surface area contributed by atoms with Gasteiger partial charge in [0.25, 0.3) is 0 Å². The van der Waals surface area contributed by atoms with Crippen molar-refractivity contribution in [2.24, 2.45) is 5.73 Å². The van der Waals surface area contributed by atoms with Gasteiger partial charge in [0.1, 0.15) is 5.75 Å². The Morgan fingerprint density at radius 3 is 2.46 bits per heavy atom. The van der Waals surface area contributed by atoms with E-state index in [-0.39, 0.29) is 17.8 Å². The number of hydrogen-bond donors (Lipinski definition) is 2. The molecule has 0 aliphatic rings. The number of benzene rings is 1. The van der Waals surface area contributed by atoms with Gasteiger partial charge < -0.3 is 10.8 Å². The molecule has 0 unspecified atom stereocenters. The van der Waals surface area contributed by atoms with Crippen LogP contribution >= 0.6 is 12.4 Å². The molecule has 0 fully saturated rings. The summed E-state index contributed by atoms with van der Waals surface area (Å²) in [5, 5.41) is 9.23. The van der Waals surface area contributed by atoms with Crippen LogP contribution < -0.4 is 5.73 Å². The van der Waals surface area contributed by atoms with Crippen molar-refractivity contribution in [2.75, 3.05) is 6.54 Å². The summed E-state index contributed by atoms with van der Waals surface area (Å²) < 4.78 is 0. The van der Waals surface area contributed by atoms with Gasteiger partial charge in [-0.05, 0) is 17.7 Å². The summed E-state index contributed by atoms with van der Waals surface area (Å²) in [6.45, 7) is 4.69. The zero-order valence-corrected chi connectivity index (χ0v) is 8.77. The summed E-state index contributed by atoms with van der Waals surface area (Å²) in [5.74, 6) is 0.300. The quantitative estimate of drug-likeness (QED) is 0.770. The summed E-state index contributed by atoms with van der Waals surface area (Å²) in [6.07, 6.45) is 0. The third-order valence-electron chi connectivity index (χ3n) is 2.14. The van der Waals surface area contributed by atoms with Gasteiger partial charge in [-0.25, -0.2) is 0 Å². The van der Waals surface area contributed by atoms with E-state index in [1.807, 2.05) is 12.1 Å². The monoisotopic (exact) mass is 201 g/mol. The highest BCUT2D eigenvalue weighted by Crippen LogP contribution is 2.24. The fraction of sp³-hybridized carbons (Fsp3) is 0.400. The molecule has 0 spiro atoms. The lowest BCUT2D eigenvalue weighted by molar-refractivity contribution is 0.468. The van der Waals surface area contributed by atoms with Gasteiger partial charge in [-0.2, -0.15) is 0 Å². The highest BCUT2D eigenvalue weighted by Gasteiger charge is 2.18. The van der Waals surface area contributed by atoms with Crippen LogP contribution in [0.3, 0.4) is 0 Å². The van der Waals surface area contributed by atoms with Crippen LogP contribution in [-0.4, -0.2) is 11.7 Å². The van der Waals surface area contributed by atoms with E-state index in [9.17, 15) is 5.11 Å². The van der Waals surface area contributed by atoms with Crippen molar-refractivity contribution >= 4 is 12.4 Å². The molecule has 0 saturated heterocycles. The first-order valence-electron chi connectivity index (χ1n) is 4.06. The van der Waals surface area contributed by atoms with E-state index in [1.165, 1.54) is 0 Å². The van der Waals surface area contributed by atoms with Gasteiger partial charge in [0.15, 0.2) is 0 Å². The number of aromatic hydroxyl groups is 1. The summed E-state index contributed by atoms with van der Waals surface area (Å²) >= 11 is 0. The maximum atomic E-state index is 9.23. The molecule has 2 nitrogen and oxygen atoms in total. The van der Waals surface area contributed by atoms with Crippen LogP contribution in [-0.2, 0) is 5.41 Å². The standard InChI is InChI=1S/C10H15NO.ClH/c1-10(2,7-11)8-4-3-5-9(12)6-8;/h3-6,12H,7,11H2,1-2H3;1H. The number of phenolic OH excluding ortho intramolecular Hbond substituents is 1. The molecule has 0 aliphatic heterocycles. The van der Waals surface area contributed by atoms with Gasteiger partial charge in [-0.3, -0.25) is 0 Å². The van der Waals surface area contributed by atoms with Crippen molar-refractivity contribution in [1.29, 1.82) is 0 Å². The van der Waals surface area contributed by atoms with Crippen LogP contribution in [0.25, 0.3) is 0 Å². The molecule has 0 radical (unpaired) electrons. The summed E-state index contributed by atoms with van der Waals surface area (Å²) in [4.78, 5) is 0. The molecule has 0 bridgehead atoms. The van der Waals surface area contributed by atoms with Crippen molar-refractivity contribution in [1.82, 2.24) is 0 Å². The number of phenols is 1. The molecule has 0 heterocycles.